The molecule has 0 radical (unpaired) electrons. The number of ether oxygens (including phenoxy) is 1. The van der Waals surface area contributed by atoms with E-state index in [0.717, 1.165) is 0 Å². The van der Waals surface area contributed by atoms with E-state index in [2.05, 4.69) is 13.8 Å². The summed E-state index contributed by atoms with van der Waals surface area (Å²) in [6.07, 6.45) is 22.0. The maximum absolute atomic E-state index is 11.4. The van der Waals surface area contributed by atoms with Crippen molar-refractivity contribution in [2.75, 3.05) is 6.61 Å². The minimum atomic E-state index is -0.0381. The lowest BCUT2D eigenvalue weighted by atomic mass is 9.94. The molecule has 2 heteroatoms. The number of carbonyl (C=O) groups excluding carboxylic acids is 1. The largest absolute Gasteiger partial charge is 0.465 e. The number of esters is 1. The molecule has 0 aromatic rings. The molecule has 0 heterocycles. The van der Waals surface area contributed by atoms with Crippen molar-refractivity contribution in [1.29, 1.82) is 0 Å². The number of rotatable bonds is 19. The number of hydrogen-bond acceptors (Lipinski definition) is 2. The van der Waals surface area contributed by atoms with E-state index in [9.17, 15) is 4.79 Å². The van der Waals surface area contributed by atoms with Crippen molar-refractivity contribution in [3.05, 3.63) is 0 Å². The Kier molecular flexibility index (Phi) is 19.4. The fraction of sp³-hybridized carbons (Fsp3) is 0.957. The highest BCUT2D eigenvalue weighted by Crippen LogP contribution is 2.20. The molecule has 1 atom stereocenters. The Morgan fingerprint density at radius 3 is 1.44 bits per heavy atom. The van der Waals surface area contributed by atoms with Crippen LogP contribution in [0.25, 0.3) is 0 Å². The van der Waals surface area contributed by atoms with Gasteiger partial charge in [0.2, 0.25) is 0 Å². The molecule has 0 N–H and O–H groups in total. The third-order valence-electron chi connectivity index (χ3n) is 5.20. The zero-order chi connectivity index (χ0) is 18.6. The van der Waals surface area contributed by atoms with Crippen LogP contribution in [0.15, 0.2) is 0 Å². The molecule has 25 heavy (non-hydrogen) atoms. The quantitative estimate of drug-likeness (QED) is 0.174. The monoisotopic (exact) mass is 354 g/mol. The molecule has 0 aromatic carbocycles. The molecule has 0 aromatic heterocycles. The summed E-state index contributed by atoms with van der Waals surface area (Å²) in [5.41, 5.74) is 0. The third-order valence-corrected chi connectivity index (χ3v) is 5.20. The Morgan fingerprint density at radius 2 is 1.04 bits per heavy atom. The Labute approximate surface area is 158 Å². The van der Waals surface area contributed by atoms with Gasteiger partial charge in [-0.1, -0.05) is 111 Å². The summed E-state index contributed by atoms with van der Waals surface area (Å²) < 4.78 is 5.43. The first-order valence-electron chi connectivity index (χ1n) is 11.4. The van der Waals surface area contributed by atoms with Crippen LogP contribution in [-0.4, -0.2) is 12.6 Å². The topological polar surface area (TPSA) is 26.3 Å². The maximum Gasteiger partial charge on any atom is 0.305 e. The zero-order valence-electron chi connectivity index (χ0n) is 17.6. The summed E-state index contributed by atoms with van der Waals surface area (Å²) in [5, 5.41) is 0. The van der Waals surface area contributed by atoms with Crippen LogP contribution in [0.2, 0.25) is 0 Å². The average Bonchev–Trinajstić information content (AvgIpc) is 2.63. The lowest BCUT2D eigenvalue weighted by Gasteiger charge is -2.17. The van der Waals surface area contributed by atoms with Crippen LogP contribution in [-0.2, 0) is 9.53 Å². The molecule has 0 spiro atoms. The van der Waals surface area contributed by atoms with Crippen LogP contribution >= 0.6 is 0 Å². The van der Waals surface area contributed by atoms with Crippen molar-refractivity contribution < 1.29 is 9.53 Å². The highest BCUT2D eigenvalue weighted by atomic mass is 16.5. The Bertz CT molecular complexity index is 275. The van der Waals surface area contributed by atoms with Crippen molar-refractivity contribution in [3.8, 4) is 0 Å². The Hall–Kier alpha value is -0.530. The predicted octanol–water partition coefficient (Wildman–Crippen LogP) is 7.84. The first-order chi connectivity index (χ1) is 12.2. The van der Waals surface area contributed by atoms with Gasteiger partial charge in [0.15, 0.2) is 0 Å². The lowest BCUT2D eigenvalue weighted by Crippen LogP contribution is -2.14. The van der Waals surface area contributed by atoms with Crippen LogP contribution < -0.4 is 0 Å². The summed E-state index contributed by atoms with van der Waals surface area (Å²) in [7, 11) is 0. The van der Waals surface area contributed by atoms with E-state index in [1.165, 1.54) is 103 Å². The fourth-order valence-corrected chi connectivity index (χ4v) is 3.40. The van der Waals surface area contributed by atoms with Crippen molar-refractivity contribution in [2.45, 2.75) is 130 Å². The molecule has 150 valence electrons. The molecule has 0 aliphatic rings. The number of carbonyl (C=O) groups is 1. The van der Waals surface area contributed by atoms with E-state index in [1.54, 1.807) is 0 Å². The van der Waals surface area contributed by atoms with E-state index < -0.39 is 0 Å². The van der Waals surface area contributed by atoms with Crippen molar-refractivity contribution in [1.82, 2.24) is 0 Å². The standard InChI is InChI=1S/C23H46O2/c1-4-7-9-11-13-14-16-18-20-22(21-25-23(24)6-3)19-17-15-12-10-8-5-2/h22H,4-21H2,1-3H3. The zero-order valence-corrected chi connectivity index (χ0v) is 17.6. The van der Waals surface area contributed by atoms with Gasteiger partial charge in [0, 0.05) is 6.42 Å². The summed E-state index contributed by atoms with van der Waals surface area (Å²) in [5.74, 6) is 0.547. The molecular formula is C23H46O2. The molecule has 0 amide bonds. The summed E-state index contributed by atoms with van der Waals surface area (Å²) >= 11 is 0. The first kappa shape index (κ1) is 24.5. The molecule has 0 aliphatic carbocycles. The van der Waals surface area contributed by atoms with Crippen LogP contribution in [0.1, 0.15) is 130 Å². The second kappa shape index (κ2) is 19.8. The molecule has 1 unspecified atom stereocenters. The predicted molar refractivity (Wildman–Crippen MR) is 110 cm³/mol. The number of unbranched alkanes of at least 4 members (excludes halogenated alkanes) is 12. The van der Waals surface area contributed by atoms with Gasteiger partial charge in [-0.05, 0) is 18.8 Å². The number of hydrogen-bond donors (Lipinski definition) is 0. The van der Waals surface area contributed by atoms with Gasteiger partial charge in [-0.3, -0.25) is 4.79 Å². The lowest BCUT2D eigenvalue weighted by molar-refractivity contribution is -0.144. The molecule has 2 nitrogen and oxygen atoms in total. The van der Waals surface area contributed by atoms with Crippen molar-refractivity contribution in [3.63, 3.8) is 0 Å². The van der Waals surface area contributed by atoms with E-state index >= 15 is 0 Å². The first-order valence-corrected chi connectivity index (χ1v) is 11.4. The van der Waals surface area contributed by atoms with Crippen LogP contribution in [0.5, 0.6) is 0 Å². The summed E-state index contributed by atoms with van der Waals surface area (Å²) in [6.45, 7) is 7.07. The smallest absolute Gasteiger partial charge is 0.305 e. The second-order valence-electron chi connectivity index (χ2n) is 7.72. The van der Waals surface area contributed by atoms with E-state index in [4.69, 9.17) is 4.74 Å². The molecule has 0 fully saturated rings. The van der Waals surface area contributed by atoms with Crippen molar-refractivity contribution >= 4 is 5.97 Å². The van der Waals surface area contributed by atoms with Gasteiger partial charge in [0.25, 0.3) is 0 Å². The van der Waals surface area contributed by atoms with Gasteiger partial charge in [-0.15, -0.1) is 0 Å². The highest BCUT2D eigenvalue weighted by Gasteiger charge is 2.11. The normalized spacial score (nSPS) is 12.3. The van der Waals surface area contributed by atoms with Gasteiger partial charge in [0.05, 0.1) is 6.61 Å². The van der Waals surface area contributed by atoms with Gasteiger partial charge in [0.1, 0.15) is 0 Å². The van der Waals surface area contributed by atoms with Gasteiger partial charge in [-0.25, -0.2) is 0 Å². The molecule has 0 saturated heterocycles. The second-order valence-corrected chi connectivity index (χ2v) is 7.72. The molecule has 0 aliphatic heterocycles. The van der Waals surface area contributed by atoms with E-state index in [1.807, 2.05) is 6.92 Å². The van der Waals surface area contributed by atoms with Gasteiger partial charge < -0.3 is 4.74 Å². The van der Waals surface area contributed by atoms with Gasteiger partial charge in [-0.2, -0.15) is 0 Å². The molecule has 0 rings (SSSR count). The SMILES string of the molecule is CCCCCCCCCCC(CCCCCCCC)COC(=O)CC. The summed E-state index contributed by atoms with van der Waals surface area (Å²) in [4.78, 5) is 11.4. The minimum absolute atomic E-state index is 0.0381. The maximum atomic E-state index is 11.4. The summed E-state index contributed by atoms with van der Waals surface area (Å²) in [6, 6.07) is 0. The molecule has 0 saturated carbocycles. The Morgan fingerprint density at radius 1 is 0.640 bits per heavy atom. The van der Waals surface area contributed by atoms with E-state index in [0.29, 0.717) is 18.9 Å². The van der Waals surface area contributed by atoms with E-state index in [-0.39, 0.29) is 5.97 Å². The molecule has 0 bridgehead atoms. The van der Waals surface area contributed by atoms with Gasteiger partial charge >= 0.3 is 5.97 Å². The minimum Gasteiger partial charge on any atom is -0.465 e. The van der Waals surface area contributed by atoms with Crippen LogP contribution in [0.3, 0.4) is 0 Å². The van der Waals surface area contributed by atoms with Crippen LogP contribution in [0.4, 0.5) is 0 Å². The third kappa shape index (κ3) is 18.1. The fourth-order valence-electron chi connectivity index (χ4n) is 3.40. The van der Waals surface area contributed by atoms with Crippen LogP contribution in [0, 0.1) is 5.92 Å². The Balaban J connectivity index is 3.79. The highest BCUT2D eigenvalue weighted by molar-refractivity contribution is 5.68. The molecular weight excluding hydrogens is 308 g/mol. The van der Waals surface area contributed by atoms with Crippen molar-refractivity contribution in [2.24, 2.45) is 5.92 Å². The average molecular weight is 355 g/mol.